The van der Waals surface area contributed by atoms with Gasteiger partial charge in [-0.15, -0.1) is 0 Å². The predicted molar refractivity (Wildman–Crippen MR) is 209 cm³/mol. The van der Waals surface area contributed by atoms with E-state index in [2.05, 4.69) is 88.3 Å². The van der Waals surface area contributed by atoms with Crippen molar-refractivity contribution in [2.45, 2.75) is 56.3 Å². The molecule has 6 heterocycles. The van der Waals surface area contributed by atoms with Gasteiger partial charge in [0, 0.05) is 117 Å². The molecule has 0 aliphatic heterocycles. The standard InChI is InChI=1S/C43H50N10/c44-20-29-45-21-13-28-52-42(30-36-14-1-7-22-46-36,31-37-15-2-8-23-47-37)43(32-38-16-3-9-24-48-38,33-39-17-4-10-25-49-39)53(34-40-18-5-11-26-50-40)35-41-19-6-12-27-51-41/h1-12,14-19,22-27,45,52H,13,20-21,28-35,44H2. The van der Waals surface area contributed by atoms with Crippen molar-refractivity contribution < 1.29 is 0 Å². The molecular formula is C43H50N10. The first-order valence-electron chi connectivity index (χ1n) is 18.5. The van der Waals surface area contributed by atoms with Gasteiger partial charge in [0.1, 0.15) is 0 Å². The topological polar surface area (TPSA) is 131 Å². The van der Waals surface area contributed by atoms with Gasteiger partial charge in [-0.3, -0.25) is 34.8 Å². The zero-order valence-electron chi connectivity index (χ0n) is 30.3. The van der Waals surface area contributed by atoms with Crippen molar-refractivity contribution >= 4 is 0 Å². The molecule has 0 unspecified atom stereocenters. The second-order valence-electron chi connectivity index (χ2n) is 13.4. The third-order valence-electron chi connectivity index (χ3n) is 9.79. The van der Waals surface area contributed by atoms with E-state index < -0.39 is 11.1 Å². The predicted octanol–water partition coefficient (Wildman–Crippen LogP) is 5.04. The van der Waals surface area contributed by atoms with Gasteiger partial charge < -0.3 is 16.4 Å². The second-order valence-corrected chi connectivity index (χ2v) is 13.4. The van der Waals surface area contributed by atoms with E-state index >= 15 is 0 Å². The molecule has 6 aromatic heterocycles. The van der Waals surface area contributed by atoms with Crippen molar-refractivity contribution in [1.82, 2.24) is 45.4 Å². The first-order valence-corrected chi connectivity index (χ1v) is 18.5. The number of nitrogens with one attached hydrogen (secondary N) is 2. The van der Waals surface area contributed by atoms with Gasteiger partial charge in [-0.25, -0.2) is 0 Å². The summed E-state index contributed by atoms with van der Waals surface area (Å²) in [6.45, 7) is 4.07. The fourth-order valence-electron chi connectivity index (χ4n) is 7.34. The van der Waals surface area contributed by atoms with Crippen molar-refractivity contribution in [3.8, 4) is 0 Å². The lowest BCUT2D eigenvalue weighted by Crippen LogP contribution is -2.74. The van der Waals surface area contributed by atoms with Gasteiger partial charge in [0.25, 0.3) is 0 Å². The summed E-state index contributed by atoms with van der Waals surface area (Å²) >= 11 is 0. The van der Waals surface area contributed by atoms with Crippen LogP contribution in [0.5, 0.6) is 0 Å². The Morgan fingerprint density at radius 2 is 0.830 bits per heavy atom. The molecule has 10 nitrogen and oxygen atoms in total. The van der Waals surface area contributed by atoms with Crippen LogP contribution in [0.4, 0.5) is 0 Å². The van der Waals surface area contributed by atoms with Gasteiger partial charge >= 0.3 is 0 Å². The van der Waals surface area contributed by atoms with Crippen LogP contribution >= 0.6 is 0 Å². The quantitative estimate of drug-likeness (QED) is 0.0876. The molecule has 0 amide bonds. The summed E-state index contributed by atoms with van der Waals surface area (Å²) in [6, 6.07) is 37.0. The highest BCUT2D eigenvalue weighted by molar-refractivity contribution is 5.29. The molecule has 0 saturated heterocycles. The normalized spacial score (nSPS) is 11.9. The minimum absolute atomic E-state index is 0.559. The summed E-state index contributed by atoms with van der Waals surface area (Å²) in [5, 5.41) is 7.74. The van der Waals surface area contributed by atoms with E-state index in [1.807, 2.05) is 73.6 Å². The summed E-state index contributed by atoms with van der Waals surface area (Å²) < 4.78 is 0. The van der Waals surface area contributed by atoms with Crippen LogP contribution in [-0.4, -0.2) is 72.1 Å². The molecular weight excluding hydrogens is 657 g/mol. The minimum Gasteiger partial charge on any atom is -0.329 e. The molecule has 0 spiro atoms. The number of hydrogen-bond donors (Lipinski definition) is 3. The van der Waals surface area contributed by atoms with Gasteiger partial charge in [0.2, 0.25) is 0 Å². The third kappa shape index (κ3) is 10.4. The molecule has 0 aliphatic carbocycles. The highest BCUT2D eigenvalue weighted by Crippen LogP contribution is 2.42. The lowest BCUT2D eigenvalue weighted by Gasteiger charge is -2.57. The van der Waals surface area contributed by atoms with E-state index in [1.54, 1.807) is 0 Å². The van der Waals surface area contributed by atoms with Gasteiger partial charge in [0.15, 0.2) is 0 Å². The molecule has 0 saturated carbocycles. The highest BCUT2D eigenvalue weighted by atomic mass is 15.3. The molecule has 0 radical (unpaired) electrons. The molecule has 0 atom stereocenters. The zero-order chi connectivity index (χ0) is 36.4. The first kappa shape index (κ1) is 37.5. The lowest BCUT2D eigenvalue weighted by molar-refractivity contribution is -0.0250. The molecule has 10 heteroatoms. The van der Waals surface area contributed by atoms with Gasteiger partial charge in [-0.05, 0) is 92.3 Å². The monoisotopic (exact) mass is 706 g/mol. The fourth-order valence-corrected chi connectivity index (χ4v) is 7.34. The Hall–Kier alpha value is -5.26. The Balaban J connectivity index is 1.63. The van der Waals surface area contributed by atoms with Crippen LogP contribution in [0.2, 0.25) is 0 Å². The molecule has 272 valence electrons. The van der Waals surface area contributed by atoms with Crippen LogP contribution in [0.3, 0.4) is 0 Å². The van der Waals surface area contributed by atoms with Crippen LogP contribution in [-0.2, 0) is 38.8 Å². The summed E-state index contributed by atoms with van der Waals surface area (Å²) in [5.74, 6) is 0. The van der Waals surface area contributed by atoms with Crippen LogP contribution in [0.15, 0.2) is 146 Å². The van der Waals surface area contributed by atoms with Crippen LogP contribution in [0.25, 0.3) is 0 Å². The Morgan fingerprint density at radius 3 is 1.19 bits per heavy atom. The molecule has 0 bridgehead atoms. The van der Waals surface area contributed by atoms with Crippen molar-refractivity contribution in [2.75, 3.05) is 26.2 Å². The Bertz CT molecular complexity index is 1740. The fraction of sp³-hybridized carbons (Fsp3) is 0.302. The molecule has 4 N–H and O–H groups in total. The molecule has 6 rings (SSSR count). The minimum atomic E-state index is -0.704. The van der Waals surface area contributed by atoms with E-state index in [4.69, 9.17) is 35.6 Å². The highest BCUT2D eigenvalue weighted by Gasteiger charge is 2.55. The number of pyridine rings is 6. The van der Waals surface area contributed by atoms with Crippen molar-refractivity contribution in [2.24, 2.45) is 5.73 Å². The van der Waals surface area contributed by atoms with Crippen molar-refractivity contribution in [3.63, 3.8) is 0 Å². The first-order chi connectivity index (χ1) is 26.2. The summed E-state index contributed by atoms with van der Waals surface area (Å²) in [6.07, 6.45) is 14.6. The average Bonchev–Trinajstić information content (AvgIpc) is 3.21. The number of nitrogens with zero attached hydrogens (tertiary/aromatic N) is 7. The maximum atomic E-state index is 5.83. The number of aromatic nitrogens is 6. The number of rotatable bonds is 21. The molecule has 0 aromatic carbocycles. The van der Waals surface area contributed by atoms with Gasteiger partial charge in [0.05, 0.1) is 16.9 Å². The zero-order valence-corrected chi connectivity index (χ0v) is 30.3. The Labute approximate surface area is 313 Å². The number of nitrogens with two attached hydrogens (primary N) is 1. The molecule has 0 aliphatic rings. The van der Waals surface area contributed by atoms with E-state index in [0.29, 0.717) is 45.3 Å². The second kappa shape index (κ2) is 19.5. The Kier molecular flexibility index (Phi) is 13.8. The maximum absolute atomic E-state index is 5.83. The smallest absolute Gasteiger partial charge is 0.0544 e. The summed E-state index contributed by atoms with van der Waals surface area (Å²) in [4.78, 5) is 32.3. The van der Waals surface area contributed by atoms with Crippen molar-refractivity contribution in [3.05, 3.63) is 181 Å². The van der Waals surface area contributed by atoms with E-state index in [1.165, 1.54) is 0 Å². The van der Waals surface area contributed by atoms with Crippen molar-refractivity contribution in [1.29, 1.82) is 0 Å². The molecule has 53 heavy (non-hydrogen) atoms. The lowest BCUT2D eigenvalue weighted by atomic mass is 9.64. The maximum Gasteiger partial charge on any atom is 0.0544 e. The van der Waals surface area contributed by atoms with E-state index in [9.17, 15) is 0 Å². The van der Waals surface area contributed by atoms with Crippen LogP contribution in [0.1, 0.15) is 40.6 Å². The average molecular weight is 707 g/mol. The molecule has 6 aromatic rings. The molecule has 0 fully saturated rings. The van der Waals surface area contributed by atoms with E-state index in [-0.39, 0.29) is 0 Å². The van der Waals surface area contributed by atoms with Gasteiger partial charge in [-0.1, -0.05) is 36.4 Å². The summed E-state index contributed by atoms with van der Waals surface area (Å²) in [7, 11) is 0. The third-order valence-corrected chi connectivity index (χ3v) is 9.79. The Morgan fingerprint density at radius 1 is 0.453 bits per heavy atom. The largest absolute Gasteiger partial charge is 0.329 e. The SMILES string of the molecule is NCCNCCCNC(Cc1ccccn1)(Cc1ccccn1)C(Cc1ccccn1)(Cc1ccccn1)N(Cc1ccccn1)Cc1ccccn1. The summed E-state index contributed by atoms with van der Waals surface area (Å²) in [5.41, 5.74) is 10.3. The van der Waals surface area contributed by atoms with Crippen LogP contribution in [0, 0.1) is 0 Å². The van der Waals surface area contributed by atoms with E-state index in [0.717, 1.165) is 60.2 Å². The van der Waals surface area contributed by atoms with Gasteiger partial charge in [-0.2, -0.15) is 0 Å². The van der Waals surface area contributed by atoms with Crippen LogP contribution < -0.4 is 16.4 Å². The number of hydrogen-bond acceptors (Lipinski definition) is 10.